The summed E-state index contributed by atoms with van der Waals surface area (Å²) < 4.78 is 0. The van der Waals surface area contributed by atoms with E-state index in [0.717, 1.165) is 24.9 Å². The van der Waals surface area contributed by atoms with Gasteiger partial charge in [0.25, 0.3) is 5.91 Å². The Labute approximate surface area is 152 Å². The fraction of sp³-hybridized carbons (Fsp3) is 0.471. The Kier molecular flexibility index (Phi) is 6.39. The van der Waals surface area contributed by atoms with Crippen molar-refractivity contribution in [3.05, 3.63) is 35.4 Å². The molecule has 0 spiro atoms. The molecule has 7 nitrogen and oxygen atoms in total. The Bertz CT molecular complexity index is 634. The van der Waals surface area contributed by atoms with Crippen LogP contribution in [0.2, 0.25) is 0 Å². The summed E-state index contributed by atoms with van der Waals surface area (Å²) in [4.78, 5) is 36.6. The molecule has 2 fully saturated rings. The number of imide groups is 1. The number of carbonyl (C=O) groups is 3. The summed E-state index contributed by atoms with van der Waals surface area (Å²) in [6.45, 7) is 3.30. The van der Waals surface area contributed by atoms with Crippen LogP contribution in [-0.4, -0.2) is 47.9 Å². The van der Waals surface area contributed by atoms with Crippen LogP contribution in [0.3, 0.4) is 0 Å². The summed E-state index contributed by atoms with van der Waals surface area (Å²) in [6, 6.07) is 7.25. The van der Waals surface area contributed by atoms with E-state index in [0.29, 0.717) is 11.6 Å². The highest BCUT2D eigenvalue weighted by Crippen LogP contribution is 2.12. The molecule has 2 aliphatic rings. The maximum Gasteiger partial charge on any atom is 0.324 e. The van der Waals surface area contributed by atoms with Crippen molar-refractivity contribution in [2.75, 3.05) is 13.1 Å². The molecule has 25 heavy (non-hydrogen) atoms. The second kappa shape index (κ2) is 8.31. The van der Waals surface area contributed by atoms with Crippen LogP contribution in [-0.2, 0) is 11.3 Å². The first kappa shape index (κ1) is 19.2. The van der Waals surface area contributed by atoms with Crippen molar-refractivity contribution in [1.29, 1.82) is 0 Å². The molecule has 0 aromatic heterocycles. The van der Waals surface area contributed by atoms with Crippen LogP contribution in [0.1, 0.15) is 35.7 Å². The molecule has 0 saturated carbocycles. The van der Waals surface area contributed by atoms with Gasteiger partial charge in [0.15, 0.2) is 0 Å². The lowest BCUT2D eigenvalue weighted by molar-refractivity contribution is -0.125. The first-order valence-corrected chi connectivity index (χ1v) is 8.24. The number of carbonyl (C=O) groups excluding carboxylic acids is 3. The summed E-state index contributed by atoms with van der Waals surface area (Å²) in [6.07, 6.45) is 1.86. The molecule has 3 N–H and O–H groups in total. The standard InChI is InChI=1S/C17H22N4O3.ClH/c1-11-8-14(6-7-18-11)20-16(23)13-4-2-12(3-5-13)10-21-15(22)9-19-17(21)24;/h2-5,11,14,18H,6-10H2,1H3,(H,19,24)(H,20,23);1H. The predicted octanol–water partition coefficient (Wildman–Crippen LogP) is 1.03. The van der Waals surface area contributed by atoms with E-state index >= 15 is 0 Å². The Morgan fingerprint density at radius 3 is 2.60 bits per heavy atom. The molecular formula is C17H23ClN4O3. The molecule has 2 unspecified atom stereocenters. The first-order chi connectivity index (χ1) is 11.5. The number of benzene rings is 1. The molecule has 8 heteroatoms. The third-order valence-corrected chi connectivity index (χ3v) is 4.45. The van der Waals surface area contributed by atoms with E-state index in [4.69, 9.17) is 0 Å². The monoisotopic (exact) mass is 366 g/mol. The Morgan fingerprint density at radius 1 is 1.28 bits per heavy atom. The predicted molar refractivity (Wildman–Crippen MR) is 95.6 cm³/mol. The van der Waals surface area contributed by atoms with E-state index in [1.807, 2.05) is 0 Å². The highest BCUT2D eigenvalue weighted by molar-refractivity contribution is 6.01. The van der Waals surface area contributed by atoms with Crippen molar-refractivity contribution in [2.45, 2.75) is 38.4 Å². The minimum atomic E-state index is -0.373. The normalized spacial score (nSPS) is 23.0. The zero-order valence-corrected chi connectivity index (χ0v) is 14.9. The Balaban J connectivity index is 0.00000225. The average molecular weight is 367 g/mol. The number of piperidine rings is 1. The van der Waals surface area contributed by atoms with Gasteiger partial charge in [-0.3, -0.25) is 14.5 Å². The average Bonchev–Trinajstić information content (AvgIpc) is 2.87. The van der Waals surface area contributed by atoms with Gasteiger partial charge in [-0.1, -0.05) is 12.1 Å². The number of urea groups is 1. The van der Waals surface area contributed by atoms with E-state index in [2.05, 4.69) is 22.9 Å². The van der Waals surface area contributed by atoms with E-state index in [9.17, 15) is 14.4 Å². The van der Waals surface area contributed by atoms with Crippen molar-refractivity contribution < 1.29 is 14.4 Å². The number of rotatable bonds is 4. The lowest BCUT2D eigenvalue weighted by Crippen LogP contribution is -2.46. The van der Waals surface area contributed by atoms with Crippen LogP contribution in [0.4, 0.5) is 4.79 Å². The minimum Gasteiger partial charge on any atom is -0.349 e. The fourth-order valence-corrected chi connectivity index (χ4v) is 3.09. The van der Waals surface area contributed by atoms with Crippen LogP contribution >= 0.6 is 12.4 Å². The third-order valence-electron chi connectivity index (χ3n) is 4.45. The summed E-state index contributed by atoms with van der Waals surface area (Å²) >= 11 is 0. The molecular weight excluding hydrogens is 344 g/mol. The number of halogens is 1. The van der Waals surface area contributed by atoms with Gasteiger partial charge in [-0.15, -0.1) is 12.4 Å². The maximum atomic E-state index is 12.3. The van der Waals surface area contributed by atoms with Crippen LogP contribution in [0.25, 0.3) is 0 Å². The molecule has 2 atom stereocenters. The quantitative estimate of drug-likeness (QED) is 0.694. The summed E-state index contributed by atoms with van der Waals surface area (Å²) in [5, 5.41) is 8.91. The van der Waals surface area contributed by atoms with Crippen LogP contribution in [0, 0.1) is 0 Å². The highest BCUT2D eigenvalue weighted by Gasteiger charge is 2.28. The van der Waals surface area contributed by atoms with E-state index in [1.165, 1.54) is 4.90 Å². The number of hydrogen-bond donors (Lipinski definition) is 3. The van der Waals surface area contributed by atoms with E-state index in [1.54, 1.807) is 24.3 Å². The summed E-state index contributed by atoms with van der Waals surface area (Å²) in [5.74, 6) is -0.322. The van der Waals surface area contributed by atoms with E-state index in [-0.39, 0.29) is 49.4 Å². The Morgan fingerprint density at radius 2 is 2.00 bits per heavy atom. The van der Waals surface area contributed by atoms with Crippen molar-refractivity contribution in [3.63, 3.8) is 0 Å². The smallest absolute Gasteiger partial charge is 0.324 e. The molecule has 2 heterocycles. The summed E-state index contributed by atoms with van der Waals surface area (Å²) in [5.41, 5.74) is 1.40. The van der Waals surface area contributed by atoms with Crippen molar-refractivity contribution in [2.24, 2.45) is 0 Å². The molecule has 1 aromatic carbocycles. The van der Waals surface area contributed by atoms with Crippen molar-refractivity contribution >= 4 is 30.3 Å². The van der Waals surface area contributed by atoms with Gasteiger partial charge in [-0.05, 0) is 44.0 Å². The summed E-state index contributed by atoms with van der Waals surface area (Å²) in [7, 11) is 0. The molecule has 2 saturated heterocycles. The van der Waals surface area contributed by atoms with E-state index < -0.39 is 0 Å². The fourth-order valence-electron chi connectivity index (χ4n) is 3.09. The molecule has 1 aromatic rings. The van der Waals surface area contributed by atoms with Gasteiger partial charge in [0.2, 0.25) is 5.91 Å². The second-order valence-electron chi connectivity index (χ2n) is 6.39. The largest absolute Gasteiger partial charge is 0.349 e. The van der Waals surface area contributed by atoms with Crippen LogP contribution < -0.4 is 16.0 Å². The van der Waals surface area contributed by atoms with Crippen molar-refractivity contribution in [1.82, 2.24) is 20.9 Å². The number of nitrogens with zero attached hydrogens (tertiary/aromatic N) is 1. The molecule has 4 amide bonds. The number of hydrogen-bond acceptors (Lipinski definition) is 4. The zero-order chi connectivity index (χ0) is 17.1. The van der Waals surface area contributed by atoms with Crippen molar-refractivity contribution in [3.8, 4) is 0 Å². The first-order valence-electron chi connectivity index (χ1n) is 8.24. The molecule has 136 valence electrons. The molecule has 0 radical (unpaired) electrons. The van der Waals surface area contributed by atoms with Crippen LogP contribution in [0.15, 0.2) is 24.3 Å². The Hall–Kier alpha value is -2.12. The van der Waals surface area contributed by atoms with Gasteiger partial charge in [-0.2, -0.15) is 0 Å². The number of nitrogens with one attached hydrogen (secondary N) is 3. The van der Waals surface area contributed by atoms with Crippen LogP contribution in [0.5, 0.6) is 0 Å². The molecule has 0 aliphatic carbocycles. The SMILES string of the molecule is CC1CC(NC(=O)c2ccc(CN3C(=O)CNC3=O)cc2)CCN1.Cl. The number of amides is 4. The third kappa shape index (κ3) is 4.70. The lowest BCUT2D eigenvalue weighted by atomic mass is 10.00. The van der Waals surface area contributed by atoms with Gasteiger partial charge < -0.3 is 16.0 Å². The van der Waals surface area contributed by atoms with Gasteiger partial charge >= 0.3 is 6.03 Å². The second-order valence-corrected chi connectivity index (χ2v) is 6.39. The van der Waals surface area contributed by atoms with Gasteiger partial charge in [0, 0.05) is 17.6 Å². The maximum absolute atomic E-state index is 12.3. The van der Waals surface area contributed by atoms with Gasteiger partial charge in [-0.25, -0.2) is 4.79 Å². The highest BCUT2D eigenvalue weighted by atomic mass is 35.5. The molecule has 3 rings (SSSR count). The zero-order valence-electron chi connectivity index (χ0n) is 14.1. The topological polar surface area (TPSA) is 90.5 Å². The molecule has 0 bridgehead atoms. The van der Waals surface area contributed by atoms with Gasteiger partial charge in [0.1, 0.15) is 0 Å². The lowest BCUT2D eigenvalue weighted by Gasteiger charge is -2.28. The van der Waals surface area contributed by atoms with Gasteiger partial charge in [0.05, 0.1) is 13.1 Å². The molecule has 2 aliphatic heterocycles. The minimum absolute atomic E-state index is 0.